The van der Waals surface area contributed by atoms with Crippen LogP contribution in [-0.4, -0.2) is 39.7 Å². The van der Waals surface area contributed by atoms with E-state index < -0.39 is 23.7 Å². The monoisotopic (exact) mass is 549 g/mol. The number of anilines is 2. The van der Waals surface area contributed by atoms with E-state index in [9.17, 15) is 22.8 Å². The molecule has 10 heteroatoms. The number of carbonyl (C=O) groups is 2. The number of urea groups is 1. The summed E-state index contributed by atoms with van der Waals surface area (Å²) in [5.41, 5.74) is 3.16. The number of rotatable bonds is 8. The number of benzene rings is 3. The summed E-state index contributed by atoms with van der Waals surface area (Å²) < 4.78 is 41.0. The van der Waals surface area contributed by atoms with Gasteiger partial charge >= 0.3 is 12.2 Å². The first-order valence-corrected chi connectivity index (χ1v) is 12.8. The summed E-state index contributed by atoms with van der Waals surface area (Å²) >= 11 is 0. The van der Waals surface area contributed by atoms with Crippen molar-refractivity contribution in [2.24, 2.45) is 0 Å². The SMILES string of the molecule is CCCN(CC(=O)Nc1c(-c2ccccc2)c(C)nn1-c1ccccc1C)C(=O)Nc1cccc(C(F)(F)F)c1. The molecule has 0 aliphatic carbocycles. The van der Waals surface area contributed by atoms with Crippen LogP contribution in [0.25, 0.3) is 16.8 Å². The normalized spacial score (nSPS) is 11.2. The molecule has 0 saturated heterocycles. The second-order valence-corrected chi connectivity index (χ2v) is 9.35. The highest BCUT2D eigenvalue weighted by Gasteiger charge is 2.31. The summed E-state index contributed by atoms with van der Waals surface area (Å²) in [7, 11) is 0. The highest BCUT2D eigenvalue weighted by atomic mass is 19.4. The smallest absolute Gasteiger partial charge is 0.315 e. The number of para-hydroxylation sites is 1. The number of carbonyl (C=O) groups excluding carboxylic acids is 2. The van der Waals surface area contributed by atoms with Crippen molar-refractivity contribution < 1.29 is 22.8 Å². The van der Waals surface area contributed by atoms with Crippen molar-refractivity contribution >= 4 is 23.4 Å². The number of alkyl halides is 3. The predicted molar refractivity (Wildman–Crippen MR) is 149 cm³/mol. The maximum Gasteiger partial charge on any atom is 0.416 e. The van der Waals surface area contributed by atoms with E-state index in [0.29, 0.717) is 17.9 Å². The van der Waals surface area contributed by atoms with Crippen molar-refractivity contribution in [2.75, 3.05) is 23.7 Å². The van der Waals surface area contributed by atoms with Gasteiger partial charge in [0.1, 0.15) is 12.4 Å². The molecule has 40 heavy (non-hydrogen) atoms. The van der Waals surface area contributed by atoms with Gasteiger partial charge in [0.05, 0.1) is 16.9 Å². The minimum Gasteiger partial charge on any atom is -0.315 e. The average Bonchev–Trinajstić information content (AvgIpc) is 3.23. The lowest BCUT2D eigenvalue weighted by molar-refractivity contribution is -0.137. The molecule has 0 bridgehead atoms. The molecule has 4 rings (SSSR count). The van der Waals surface area contributed by atoms with Crippen LogP contribution >= 0.6 is 0 Å². The molecule has 0 fully saturated rings. The number of aromatic nitrogens is 2. The number of nitrogens with one attached hydrogen (secondary N) is 2. The zero-order valence-corrected chi connectivity index (χ0v) is 22.4. The number of halogens is 3. The molecular formula is C30H30F3N5O2. The van der Waals surface area contributed by atoms with E-state index in [2.05, 4.69) is 10.6 Å². The zero-order valence-electron chi connectivity index (χ0n) is 22.4. The molecule has 0 aliphatic heterocycles. The topological polar surface area (TPSA) is 79.3 Å². The van der Waals surface area contributed by atoms with Crippen LogP contribution in [0.1, 0.15) is 30.2 Å². The molecule has 208 valence electrons. The van der Waals surface area contributed by atoms with Crippen LogP contribution in [0, 0.1) is 13.8 Å². The lowest BCUT2D eigenvalue weighted by Gasteiger charge is -2.23. The number of amides is 3. The molecule has 0 unspecified atom stereocenters. The van der Waals surface area contributed by atoms with E-state index >= 15 is 0 Å². The second-order valence-electron chi connectivity index (χ2n) is 9.35. The molecule has 0 radical (unpaired) electrons. The van der Waals surface area contributed by atoms with E-state index in [1.54, 1.807) is 4.68 Å². The fourth-order valence-corrected chi connectivity index (χ4v) is 4.41. The van der Waals surface area contributed by atoms with Gasteiger partial charge in [-0.3, -0.25) is 4.79 Å². The van der Waals surface area contributed by atoms with Crippen LogP contribution in [0.2, 0.25) is 0 Å². The Bertz CT molecular complexity index is 1500. The van der Waals surface area contributed by atoms with Gasteiger partial charge in [-0.1, -0.05) is 61.5 Å². The maximum atomic E-state index is 13.4. The summed E-state index contributed by atoms with van der Waals surface area (Å²) in [5.74, 6) is -0.0164. The summed E-state index contributed by atoms with van der Waals surface area (Å²) in [5, 5.41) is 10.2. The van der Waals surface area contributed by atoms with Crippen LogP contribution in [0.4, 0.5) is 29.5 Å². The minimum absolute atomic E-state index is 0.0130. The molecule has 0 aliphatic rings. The van der Waals surface area contributed by atoms with Gasteiger partial charge in [0.15, 0.2) is 0 Å². The van der Waals surface area contributed by atoms with Crippen LogP contribution in [0.3, 0.4) is 0 Å². The van der Waals surface area contributed by atoms with Crippen molar-refractivity contribution in [1.29, 1.82) is 0 Å². The Hall–Kier alpha value is -4.60. The molecule has 1 heterocycles. The lowest BCUT2D eigenvalue weighted by Crippen LogP contribution is -2.41. The molecule has 3 amide bonds. The molecule has 0 saturated carbocycles. The third-order valence-corrected chi connectivity index (χ3v) is 6.28. The molecular weight excluding hydrogens is 519 g/mol. The Balaban J connectivity index is 1.61. The van der Waals surface area contributed by atoms with Crippen molar-refractivity contribution in [3.63, 3.8) is 0 Å². The van der Waals surface area contributed by atoms with Crippen LogP contribution < -0.4 is 10.6 Å². The minimum atomic E-state index is -4.54. The van der Waals surface area contributed by atoms with E-state index in [1.165, 1.54) is 17.0 Å². The Labute approximate surface area is 230 Å². The van der Waals surface area contributed by atoms with Crippen molar-refractivity contribution in [3.05, 3.63) is 95.7 Å². The van der Waals surface area contributed by atoms with Gasteiger partial charge in [0.25, 0.3) is 0 Å². The van der Waals surface area contributed by atoms with E-state index in [-0.39, 0.29) is 18.8 Å². The maximum absolute atomic E-state index is 13.4. The summed E-state index contributed by atoms with van der Waals surface area (Å²) in [6.07, 6.45) is -4.00. The van der Waals surface area contributed by atoms with E-state index in [0.717, 1.165) is 34.5 Å². The fourth-order valence-electron chi connectivity index (χ4n) is 4.41. The largest absolute Gasteiger partial charge is 0.416 e. The molecule has 4 aromatic rings. The van der Waals surface area contributed by atoms with Gasteiger partial charge in [0.2, 0.25) is 5.91 Å². The Morgan fingerprint density at radius 2 is 1.62 bits per heavy atom. The van der Waals surface area contributed by atoms with Gasteiger partial charge in [-0.15, -0.1) is 0 Å². The molecule has 7 nitrogen and oxygen atoms in total. The number of hydrogen-bond donors (Lipinski definition) is 2. The standard InChI is InChI=1S/C30H30F3N5O2/c1-4-17-37(29(40)34-24-15-10-14-23(18-24)30(31,32)33)19-26(39)35-28-27(22-12-6-5-7-13-22)21(3)36-38(28)25-16-9-8-11-20(25)2/h5-16,18H,4,17,19H2,1-3H3,(H,34,40)(H,35,39). The first-order valence-electron chi connectivity index (χ1n) is 12.8. The van der Waals surface area contributed by atoms with Gasteiger partial charge < -0.3 is 15.5 Å². The van der Waals surface area contributed by atoms with Crippen molar-refractivity contribution in [3.8, 4) is 16.8 Å². The van der Waals surface area contributed by atoms with Gasteiger partial charge in [0, 0.05) is 17.8 Å². The van der Waals surface area contributed by atoms with Crippen molar-refractivity contribution in [1.82, 2.24) is 14.7 Å². The molecule has 1 aromatic heterocycles. The number of nitrogens with zero attached hydrogens (tertiary/aromatic N) is 3. The Morgan fingerprint density at radius 3 is 2.30 bits per heavy atom. The molecule has 0 atom stereocenters. The zero-order chi connectivity index (χ0) is 28.9. The third-order valence-electron chi connectivity index (χ3n) is 6.28. The summed E-state index contributed by atoms with van der Waals surface area (Å²) in [4.78, 5) is 27.7. The fraction of sp³-hybridized carbons (Fsp3) is 0.233. The third kappa shape index (κ3) is 6.51. The first kappa shape index (κ1) is 28.4. The van der Waals surface area contributed by atoms with Gasteiger partial charge in [-0.2, -0.15) is 18.3 Å². The molecule has 0 spiro atoms. The summed E-state index contributed by atoms with van der Waals surface area (Å²) in [6.45, 7) is 5.55. The lowest BCUT2D eigenvalue weighted by atomic mass is 10.1. The predicted octanol–water partition coefficient (Wildman–Crippen LogP) is 7.06. The van der Waals surface area contributed by atoms with Crippen LogP contribution in [0.5, 0.6) is 0 Å². The van der Waals surface area contributed by atoms with Crippen LogP contribution in [0.15, 0.2) is 78.9 Å². The Morgan fingerprint density at radius 1 is 0.925 bits per heavy atom. The second kappa shape index (κ2) is 12.1. The highest BCUT2D eigenvalue weighted by molar-refractivity contribution is 5.99. The first-order chi connectivity index (χ1) is 19.1. The molecule has 2 N–H and O–H groups in total. The average molecular weight is 550 g/mol. The number of hydrogen-bond acceptors (Lipinski definition) is 3. The van der Waals surface area contributed by atoms with Gasteiger partial charge in [-0.25, -0.2) is 9.48 Å². The number of aryl methyl sites for hydroxylation is 2. The van der Waals surface area contributed by atoms with E-state index in [1.807, 2.05) is 75.4 Å². The van der Waals surface area contributed by atoms with E-state index in [4.69, 9.17) is 5.10 Å². The Kier molecular flexibility index (Phi) is 8.57. The van der Waals surface area contributed by atoms with Gasteiger partial charge in [-0.05, 0) is 55.7 Å². The molecule has 3 aromatic carbocycles. The highest BCUT2D eigenvalue weighted by Crippen LogP contribution is 2.34. The quantitative estimate of drug-likeness (QED) is 0.247. The van der Waals surface area contributed by atoms with Crippen LogP contribution in [-0.2, 0) is 11.0 Å². The van der Waals surface area contributed by atoms with Crippen molar-refractivity contribution in [2.45, 2.75) is 33.4 Å². The summed E-state index contributed by atoms with van der Waals surface area (Å²) in [6, 6.07) is 20.9.